The van der Waals surface area contributed by atoms with Gasteiger partial charge in [0.2, 0.25) is 5.82 Å². The lowest BCUT2D eigenvalue weighted by molar-refractivity contribution is -0.0897. The van der Waals surface area contributed by atoms with Crippen LogP contribution >= 0.6 is 0 Å². The van der Waals surface area contributed by atoms with Gasteiger partial charge in [-0.15, -0.1) is 0 Å². The van der Waals surface area contributed by atoms with E-state index < -0.39 is 17.3 Å². The Hall–Kier alpha value is -3.01. The molecule has 0 saturated carbocycles. The van der Waals surface area contributed by atoms with Gasteiger partial charge in [0.15, 0.2) is 0 Å². The number of anilines is 1. The Bertz CT molecular complexity index is 848. The van der Waals surface area contributed by atoms with E-state index in [0.717, 1.165) is 0 Å². The number of carbonyl (C=O) groups excluding carboxylic acids is 1. The monoisotopic (exact) mass is 406 g/mol. The van der Waals surface area contributed by atoms with Gasteiger partial charge in [0.25, 0.3) is 0 Å². The highest BCUT2D eigenvalue weighted by Crippen LogP contribution is 2.29. The van der Waals surface area contributed by atoms with E-state index >= 15 is 0 Å². The molecule has 1 saturated heterocycles. The number of methoxy groups -OCH3 is 2. The highest BCUT2D eigenvalue weighted by atomic mass is 16.6. The first-order valence-electron chi connectivity index (χ1n) is 9.12. The van der Waals surface area contributed by atoms with Crippen molar-refractivity contribution in [3.63, 3.8) is 0 Å². The third-order valence-electron chi connectivity index (χ3n) is 4.23. The van der Waals surface area contributed by atoms with Crippen LogP contribution in [-0.4, -0.2) is 71.3 Å². The second kappa shape index (κ2) is 7.78. The molecule has 1 fully saturated rings. The molecule has 2 aromatic rings. The first-order valence-corrected chi connectivity index (χ1v) is 9.12. The maximum Gasteiger partial charge on any atom is 0.410 e. The van der Waals surface area contributed by atoms with Gasteiger partial charge in [-0.25, -0.2) is 4.79 Å². The zero-order valence-corrected chi connectivity index (χ0v) is 17.2. The van der Waals surface area contributed by atoms with Crippen molar-refractivity contribution in [3.05, 3.63) is 18.2 Å². The van der Waals surface area contributed by atoms with Crippen LogP contribution in [0, 0.1) is 0 Å². The number of likely N-dealkylation sites (tertiary alicyclic amines) is 1. The van der Waals surface area contributed by atoms with Crippen LogP contribution in [0.4, 0.5) is 10.8 Å². The average Bonchev–Trinajstić information content (AvgIpc) is 3.11. The molecule has 10 nitrogen and oxygen atoms in total. The molecule has 158 valence electrons. The van der Waals surface area contributed by atoms with Crippen LogP contribution in [0.15, 0.2) is 22.7 Å². The molecule has 0 radical (unpaired) electrons. The van der Waals surface area contributed by atoms with Gasteiger partial charge in [0.05, 0.1) is 33.9 Å². The van der Waals surface area contributed by atoms with Crippen LogP contribution in [0.1, 0.15) is 20.8 Å². The first-order chi connectivity index (χ1) is 13.6. The maximum absolute atomic E-state index is 12.0. The summed E-state index contributed by atoms with van der Waals surface area (Å²) in [6.07, 6.45) is -0.450. The highest BCUT2D eigenvalue weighted by molar-refractivity contribution is 5.69. The molecule has 1 aliphatic rings. The standard InChI is InChI=1S/C19H26N4O6/c1-18(2,3)28-17(24)23-10-19(25,11-23)9-20-16-21-15(22-29-16)12-6-13(26-4)8-14(7-12)27-5/h6-8,25H,9-11H2,1-5H3,(H,20,21,22). The molecular formula is C19H26N4O6. The van der Waals surface area contributed by atoms with E-state index in [2.05, 4.69) is 15.5 Å². The van der Waals surface area contributed by atoms with Crippen molar-refractivity contribution in [1.82, 2.24) is 15.0 Å². The first kappa shape index (κ1) is 20.7. The van der Waals surface area contributed by atoms with Gasteiger partial charge in [-0.05, 0) is 32.9 Å². The molecule has 0 unspecified atom stereocenters. The lowest BCUT2D eigenvalue weighted by Crippen LogP contribution is -2.66. The van der Waals surface area contributed by atoms with Crippen LogP contribution in [0.2, 0.25) is 0 Å². The van der Waals surface area contributed by atoms with Gasteiger partial charge >= 0.3 is 12.1 Å². The van der Waals surface area contributed by atoms with Crippen molar-refractivity contribution in [1.29, 1.82) is 0 Å². The van der Waals surface area contributed by atoms with Crippen molar-refractivity contribution in [2.24, 2.45) is 0 Å². The summed E-state index contributed by atoms with van der Waals surface area (Å²) in [7, 11) is 3.11. The number of carbonyl (C=O) groups is 1. The molecule has 29 heavy (non-hydrogen) atoms. The molecule has 1 aromatic heterocycles. The van der Waals surface area contributed by atoms with Crippen molar-refractivity contribution in [2.75, 3.05) is 39.2 Å². The molecule has 0 atom stereocenters. The van der Waals surface area contributed by atoms with E-state index in [0.29, 0.717) is 22.9 Å². The minimum absolute atomic E-state index is 0.148. The Kier molecular flexibility index (Phi) is 5.56. The van der Waals surface area contributed by atoms with Crippen molar-refractivity contribution >= 4 is 12.1 Å². The Labute approximate surface area is 168 Å². The van der Waals surface area contributed by atoms with Crippen molar-refractivity contribution in [3.8, 4) is 22.9 Å². The highest BCUT2D eigenvalue weighted by Gasteiger charge is 2.45. The molecule has 2 heterocycles. The Morgan fingerprint density at radius 2 is 1.86 bits per heavy atom. The maximum atomic E-state index is 12.0. The topological polar surface area (TPSA) is 119 Å². The summed E-state index contributed by atoms with van der Waals surface area (Å²) in [6, 6.07) is 5.42. The summed E-state index contributed by atoms with van der Waals surface area (Å²) in [5, 5.41) is 17.4. The summed E-state index contributed by atoms with van der Waals surface area (Å²) < 4.78 is 21.0. The summed E-state index contributed by atoms with van der Waals surface area (Å²) in [5.74, 6) is 1.55. The molecule has 10 heteroatoms. The van der Waals surface area contributed by atoms with Gasteiger partial charge in [-0.1, -0.05) is 5.16 Å². The third kappa shape index (κ3) is 5.08. The molecule has 1 aliphatic heterocycles. The van der Waals surface area contributed by atoms with E-state index in [1.165, 1.54) is 4.90 Å². The summed E-state index contributed by atoms with van der Waals surface area (Å²) in [6.45, 7) is 5.85. The molecule has 2 N–H and O–H groups in total. The largest absolute Gasteiger partial charge is 0.497 e. The van der Waals surface area contributed by atoms with E-state index in [-0.39, 0.29) is 25.6 Å². The second-order valence-corrected chi connectivity index (χ2v) is 7.94. The molecule has 3 rings (SSSR count). The fraction of sp³-hybridized carbons (Fsp3) is 0.526. The summed E-state index contributed by atoms with van der Waals surface area (Å²) in [4.78, 5) is 17.7. The molecule has 0 spiro atoms. The van der Waals surface area contributed by atoms with Gasteiger partial charge < -0.3 is 34.1 Å². The SMILES string of the molecule is COc1cc(OC)cc(-c2noc(NCC3(O)CN(C(=O)OC(C)(C)C)C3)n2)c1. The van der Waals surface area contributed by atoms with Crippen LogP contribution in [0.5, 0.6) is 11.5 Å². The van der Waals surface area contributed by atoms with Crippen LogP contribution < -0.4 is 14.8 Å². The molecule has 1 aromatic carbocycles. The quantitative estimate of drug-likeness (QED) is 0.743. The second-order valence-electron chi connectivity index (χ2n) is 7.94. The number of benzene rings is 1. The van der Waals surface area contributed by atoms with Gasteiger partial charge in [0, 0.05) is 11.6 Å². The smallest absolute Gasteiger partial charge is 0.410 e. The van der Waals surface area contributed by atoms with Crippen LogP contribution in [0.3, 0.4) is 0 Å². The number of β-amino-alcohol motifs (C(OH)–C–C–N with tert-alkyl or cyclic N) is 1. The van der Waals surface area contributed by atoms with Gasteiger partial charge in [-0.2, -0.15) is 4.98 Å². The number of hydrogen-bond donors (Lipinski definition) is 2. The number of rotatable bonds is 6. The van der Waals surface area contributed by atoms with E-state index in [4.69, 9.17) is 18.7 Å². The van der Waals surface area contributed by atoms with E-state index in [9.17, 15) is 9.90 Å². The normalized spacial score (nSPS) is 15.4. The average molecular weight is 406 g/mol. The number of hydrogen-bond acceptors (Lipinski definition) is 9. The Morgan fingerprint density at radius 3 is 2.41 bits per heavy atom. The van der Waals surface area contributed by atoms with Gasteiger partial charge in [-0.3, -0.25) is 0 Å². The summed E-state index contributed by atoms with van der Waals surface area (Å²) in [5.41, 5.74) is -1.01. The van der Waals surface area contributed by atoms with Crippen molar-refractivity contribution < 1.29 is 28.6 Å². The zero-order chi connectivity index (χ0) is 21.2. The van der Waals surface area contributed by atoms with E-state index in [1.807, 2.05) is 0 Å². The van der Waals surface area contributed by atoms with E-state index in [1.54, 1.807) is 53.2 Å². The number of nitrogens with zero attached hydrogens (tertiary/aromatic N) is 3. The zero-order valence-electron chi connectivity index (χ0n) is 17.2. The van der Waals surface area contributed by atoms with Gasteiger partial charge in [0.1, 0.15) is 22.7 Å². The molecule has 0 bridgehead atoms. The fourth-order valence-corrected chi connectivity index (χ4v) is 2.82. The molecule has 0 aliphatic carbocycles. The van der Waals surface area contributed by atoms with Crippen LogP contribution in [-0.2, 0) is 4.74 Å². The number of ether oxygens (including phenoxy) is 3. The lowest BCUT2D eigenvalue weighted by Gasteiger charge is -2.46. The number of aromatic nitrogens is 2. The molecular weight excluding hydrogens is 380 g/mol. The number of nitrogens with one attached hydrogen (secondary N) is 1. The number of aliphatic hydroxyl groups is 1. The molecule has 1 amide bonds. The minimum Gasteiger partial charge on any atom is -0.497 e. The predicted octanol–water partition coefficient (Wildman–Crippen LogP) is 2.15. The number of amides is 1. The predicted molar refractivity (Wildman–Crippen MR) is 104 cm³/mol. The van der Waals surface area contributed by atoms with Crippen LogP contribution in [0.25, 0.3) is 11.4 Å². The third-order valence-corrected chi connectivity index (χ3v) is 4.23. The summed E-state index contributed by atoms with van der Waals surface area (Å²) >= 11 is 0. The lowest BCUT2D eigenvalue weighted by atomic mass is 9.95. The fourth-order valence-electron chi connectivity index (χ4n) is 2.82. The van der Waals surface area contributed by atoms with Crippen molar-refractivity contribution in [2.45, 2.75) is 32.0 Å². The Morgan fingerprint density at radius 1 is 1.24 bits per heavy atom. The Balaban J connectivity index is 1.57. The minimum atomic E-state index is -1.09.